The maximum atomic E-state index is 13.8. The number of hydrogen-bond donors (Lipinski definition) is 0. The van der Waals surface area contributed by atoms with Gasteiger partial charge in [0.25, 0.3) is 0 Å². The fourth-order valence-electron chi connectivity index (χ4n) is 3.79. The summed E-state index contributed by atoms with van der Waals surface area (Å²) in [4.78, 5) is 36.6. The zero-order valence-corrected chi connectivity index (χ0v) is 15.4. The number of rotatable bonds is 4. The van der Waals surface area contributed by atoms with E-state index in [2.05, 4.69) is 10.4 Å². The molecule has 28 heavy (non-hydrogen) atoms. The Balaban J connectivity index is 2.13. The lowest BCUT2D eigenvalue weighted by Crippen LogP contribution is -2.08. The summed E-state index contributed by atoms with van der Waals surface area (Å²) in [5, 5.41) is 8.82. The molecule has 0 radical (unpaired) electrons. The van der Waals surface area contributed by atoms with Crippen LogP contribution in [0.3, 0.4) is 0 Å². The Morgan fingerprint density at radius 3 is 1.46 bits per heavy atom. The predicted molar refractivity (Wildman–Crippen MR) is 112 cm³/mol. The van der Waals surface area contributed by atoms with E-state index in [1.54, 1.807) is 24.3 Å². The third-order valence-electron chi connectivity index (χ3n) is 5.11. The van der Waals surface area contributed by atoms with Crippen molar-refractivity contribution in [1.29, 1.82) is 0 Å². The third kappa shape index (κ3) is 2.60. The van der Waals surface area contributed by atoms with Gasteiger partial charge in [0.05, 0.1) is 0 Å². The van der Waals surface area contributed by atoms with Gasteiger partial charge in [0.2, 0.25) is 0 Å². The van der Waals surface area contributed by atoms with Gasteiger partial charge in [-0.3, -0.25) is 4.79 Å². The maximum Gasteiger partial charge on any atom is 0.194 e. The van der Waals surface area contributed by atoms with Gasteiger partial charge >= 0.3 is 0 Å². The van der Waals surface area contributed by atoms with Crippen molar-refractivity contribution in [2.45, 2.75) is 13.8 Å². The third-order valence-corrected chi connectivity index (χ3v) is 5.11. The Morgan fingerprint density at radius 1 is 0.643 bits per heavy atom. The SMILES string of the molecule is Cc1ccc2cccc(N=O)c2c1C(=O)c1c(C)ccc2cccc(N=O)c12. The molecular formula is C23H16N2O3. The molecule has 0 saturated carbocycles. The van der Waals surface area contributed by atoms with Crippen molar-refractivity contribution in [2.24, 2.45) is 10.4 Å². The lowest BCUT2D eigenvalue weighted by atomic mass is 9.88. The number of nitroso groups, excluding NO2 is 2. The van der Waals surface area contributed by atoms with Crippen molar-refractivity contribution < 1.29 is 4.79 Å². The van der Waals surface area contributed by atoms with E-state index in [-0.39, 0.29) is 17.2 Å². The fourth-order valence-corrected chi connectivity index (χ4v) is 3.79. The first-order valence-electron chi connectivity index (χ1n) is 8.83. The summed E-state index contributed by atoms with van der Waals surface area (Å²) < 4.78 is 0. The molecule has 0 saturated heterocycles. The van der Waals surface area contributed by atoms with Crippen LogP contribution in [0, 0.1) is 23.7 Å². The van der Waals surface area contributed by atoms with Crippen LogP contribution in [0.2, 0.25) is 0 Å². The van der Waals surface area contributed by atoms with E-state index in [0.717, 1.165) is 21.9 Å². The highest BCUT2D eigenvalue weighted by molar-refractivity contribution is 6.25. The second-order valence-electron chi connectivity index (χ2n) is 6.78. The summed E-state index contributed by atoms with van der Waals surface area (Å²) in [5.74, 6) is -0.251. The second-order valence-corrected chi connectivity index (χ2v) is 6.78. The summed E-state index contributed by atoms with van der Waals surface area (Å²) in [6, 6.07) is 17.8. The number of ketones is 1. The molecule has 0 atom stereocenters. The molecule has 0 aliphatic heterocycles. The first kappa shape index (κ1) is 17.7. The van der Waals surface area contributed by atoms with Gasteiger partial charge in [0, 0.05) is 21.9 Å². The molecule has 4 aromatic rings. The minimum absolute atomic E-state index is 0.219. The van der Waals surface area contributed by atoms with Crippen LogP contribution in [0.15, 0.2) is 71.0 Å². The second kappa shape index (κ2) is 6.78. The Hall–Kier alpha value is -3.73. The molecule has 5 nitrogen and oxygen atoms in total. The van der Waals surface area contributed by atoms with Crippen molar-refractivity contribution in [3.05, 3.63) is 92.7 Å². The van der Waals surface area contributed by atoms with Crippen LogP contribution < -0.4 is 0 Å². The van der Waals surface area contributed by atoms with E-state index < -0.39 is 0 Å². The summed E-state index contributed by atoms with van der Waals surface area (Å²) in [6.07, 6.45) is 0. The molecule has 0 aromatic heterocycles. The van der Waals surface area contributed by atoms with Gasteiger partial charge in [-0.1, -0.05) is 48.5 Å². The normalized spacial score (nSPS) is 10.9. The molecule has 0 amide bonds. The monoisotopic (exact) mass is 368 g/mol. The molecule has 0 fully saturated rings. The van der Waals surface area contributed by atoms with Crippen molar-refractivity contribution in [2.75, 3.05) is 0 Å². The zero-order valence-electron chi connectivity index (χ0n) is 15.4. The minimum Gasteiger partial charge on any atom is -0.289 e. The molecule has 136 valence electrons. The first-order valence-corrected chi connectivity index (χ1v) is 8.83. The number of nitrogens with zero attached hydrogens (tertiary/aromatic N) is 2. The van der Waals surface area contributed by atoms with Crippen molar-refractivity contribution in [3.63, 3.8) is 0 Å². The Bertz CT molecular complexity index is 1190. The molecule has 0 aliphatic carbocycles. The Morgan fingerprint density at radius 2 is 1.07 bits per heavy atom. The standard InChI is InChI=1S/C23H16N2O3/c1-13-9-11-15-5-3-7-17(24-27)21(15)19(13)23(26)20-14(2)10-12-16-6-4-8-18(25-28)22(16)20/h3-12H,1-2H3. The van der Waals surface area contributed by atoms with Crippen LogP contribution in [-0.2, 0) is 0 Å². The van der Waals surface area contributed by atoms with Crippen molar-refractivity contribution >= 4 is 38.7 Å². The molecule has 4 rings (SSSR count). The van der Waals surface area contributed by atoms with Gasteiger partial charge in [-0.2, -0.15) is 0 Å². The summed E-state index contributed by atoms with van der Waals surface area (Å²) in [5.41, 5.74) is 2.75. The largest absolute Gasteiger partial charge is 0.289 e. The number of carbonyl (C=O) groups is 1. The van der Waals surface area contributed by atoms with Crippen LogP contribution in [0.5, 0.6) is 0 Å². The zero-order chi connectivity index (χ0) is 19.8. The van der Waals surface area contributed by atoms with Gasteiger partial charge in [0.1, 0.15) is 11.4 Å². The molecule has 0 N–H and O–H groups in total. The average molecular weight is 368 g/mol. The van der Waals surface area contributed by atoms with E-state index >= 15 is 0 Å². The first-order chi connectivity index (χ1) is 13.6. The van der Waals surface area contributed by atoms with Crippen molar-refractivity contribution in [3.8, 4) is 0 Å². The summed E-state index contributed by atoms with van der Waals surface area (Å²) in [6.45, 7) is 3.65. The smallest absolute Gasteiger partial charge is 0.194 e. The number of carbonyl (C=O) groups excluding carboxylic acids is 1. The van der Waals surface area contributed by atoms with Gasteiger partial charge in [-0.15, -0.1) is 9.81 Å². The molecule has 4 aromatic carbocycles. The van der Waals surface area contributed by atoms with Crippen LogP contribution in [0.1, 0.15) is 27.0 Å². The van der Waals surface area contributed by atoms with E-state index in [1.165, 1.54) is 0 Å². The van der Waals surface area contributed by atoms with Crippen LogP contribution >= 0.6 is 0 Å². The Kier molecular flexibility index (Phi) is 4.28. The molecule has 0 bridgehead atoms. The van der Waals surface area contributed by atoms with Crippen LogP contribution in [0.4, 0.5) is 11.4 Å². The van der Waals surface area contributed by atoms with Gasteiger partial charge < -0.3 is 0 Å². The summed E-state index contributed by atoms with van der Waals surface area (Å²) >= 11 is 0. The topological polar surface area (TPSA) is 75.9 Å². The van der Waals surface area contributed by atoms with Gasteiger partial charge in [-0.25, -0.2) is 0 Å². The fraction of sp³-hybridized carbons (Fsp3) is 0.0870. The maximum absolute atomic E-state index is 13.8. The van der Waals surface area contributed by atoms with E-state index in [4.69, 9.17) is 0 Å². The Labute approximate surface area is 160 Å². The lowest BCUT2D eigenvalue weighted by molar-refractivity contribution is 0.104. The van der Waals surface area contributed by atoms with E-state index in [0.29, 0.717) is 21.9 Å². The predicted octanol–water partition coefficient (Wildman–Crippen LogP) is 6.64. The highest BCUT2D eigenvalue weighted by Crippen LogP contribution is 2.37. The minimum atomic E-state index is -0.251. The molecule has 0 unspecified atom stereocenters. The molecule has 5 heteroatoms. The van der Waals surface area contributed by atoms with Crippen molar-refractivity contribution in [1.82, 2.24) is 0 Å². The van der Waals surface area contributed by atoms with E-state index in [9.17, 15) is 14.6 Å². The number of fused-ring (bicyclic) bond motifs is 2. The van der Waals surface area contributed by atoms with Crippen LogP contribution in [0.25, 0.3) is 21.5 Å². The van der Waals surface area contributed by atoms with E-state index in [1.807, 2.05) is 50.2 Å². The van der Waals surface area contributed by atoms with Crippen LogP contribution in [-0.4, -0.2) is 5.78 Å². The highest BCUT2D eigenvalue weighted by atomic mass is 16.3. The quantitative estimate of drug-likeness (QED) is 0.299. The number of aryl methyl sites for hydroxylation is 2. The lowest BCUT2D eigenvalue weighted by Gasteiger charge is -2.15. The number of benzene rings is 4. The summed E-state index contributed by atoms with van der Waals surface area (Å²) in [7, 11) is 0. The highest BCUT2D eigenvalue weighted by Gasteiger charge is 2.23. The molecular weight excluding hydrogens is 352 g/mol. The average Bonchev–Trinajstić information content (AvgIpc) is 2.72. The van der Waals surface area contributed by atoms with Gasteiger partial charge in [0.15, 0.2) is 5.78 Å². The molecule has 0 spiro atoms. The number of hydrogen-bond acceptors (Lipinski definition) is 5. The van der Waals surface area contributed by atoms with Gasteiger partial charge in [-0.05, 0) is 58.2 Å². The molecule has 0 heterocycles. The molecule has 0 aliphatic rings.